The summed E-state index contributed by atoms with van der Waals surface area (Å²) in [5.74, 6) is -0.633. The lowest BCUT2D eigenvalue weighted by Gasteiger charge is -2.21. The molecular weight excluding hydrogens is 280 g/mol. The molecule has 4 heteroatoms. The molecule has 0 amide bonds. The zero-order chi connectivity index (χ0) is 16.6. The van der Waals surface area contributed by atoms with Gasteiger partial charge in [-0.15, -0.1) is 0 Å². The van der Waals surface area contributed by atoms with Gasteiger partial charge >= 0.3 is 11.9 Å². The summed E-state index contributed by atoms with van der Waals surface area (Å²) in [4.78, 5) is 19.8. The zero-order valence-corrected chi connectivity index (χ0v) is 14.2. The van der Waals surface area contributed by atoms with Crippen LogP contribution in [0.25, 0.3) is 0 Å². The first-order valence-electron chi connectivity index (χ1n) is 8.99. The summed E-state index contributed by atoms with van der Waals surface area (Å²) in [5.41, 5.74) is 0. The van der Waals surface area contributed by atoms with Gasteiger partial charge in [-0.2, -0.15) is 0 Å². The third-order valence-electron chi connectivity index (χ3n) is 4.22. The first-order chi connectivity index (χ1) is 10.6. The highest BCUT2D eigenvalue weighted by Crippen LogP contribution is 2.27. The van der Waals surface area contributed by atoms with Gasteiger partial charge in [0.25, 0.3) is 0 Å². The molecule has 0 heterocycles. The molecule has 22 heavy (non-hydrogen) atoms. The molecule has 0 radical (unpaired) electrons. The Morgan fingerprint density at radius 2 is 1.36 bits per heavy atom. The smallest absolute Gasteiger partial charge is 0.303 e. The van der Waals surface area contributed by atoms with E-state index >= 15 is 0 Å². The predicted molar refractivity (Wildman–Crippen MR) is 89.1 cm³/mol. The van der Waals surface area contributed by atoms with E-state index in [2.05, 4.69) is 6.92 Å². The molecule has 0 aromatic carbocycles. The van der Waals surface area contributed by atoms with Gasteiger partial charge in [0, 0.05) is 12.8 Å². The number of carboxylic acid groups (broad SMARTS) is 2. The highest BCUT2D eigenvalue weighted by Gasteiger charge is 2.12. The fourth-order valence-corrected chi connectivity index (χ4v) is 2.89. The molecule has 0 aliphatic heterocycles. The van der Waals surface area contributed by atoms with Crippen LogP contribution >= 0.6 is 0 Å². The molecule has 1 saturated carbocycles. The summed E-state index contributed by atoms with van der Waals surface area (Å²) < 4.78 is 0. The first kappa shape index (κ1) is 20.9. The summed E-state index contributed by atoms with van der Waals surface area (Å²) in [6.45, 7) is 2.29. The number of carboxylic acids is 2. The Kier molecular flexibility index (Phi) is 14.1. The highest BCUT2D eigenvalue weighted by atomic mass is 16.4. The predicted octanol–water partition coefficient (Wildman–Crippen LogP) is 5.25. The van der Waals surface area contributed by atoms with Crippen LogP contribution in [0.2, 0.25) is 0 Å². The average molecular weight is 314 g/mol. The molecule has 1 aliphatic rings. The van der Waals surface area contributed by atoms with Crippen LogP contribution in [0.3, 0.4) is 0 Å². The van der Waals surface area contributed by atoms with E-state index in [9.17, 15) is 9.59 Å². The van der Waals surface area contributed by atoms with Crippen molar-refractivity contribution in [3.63, 3.8) is 0 Å². The van der Waals surface area contributed by atoms with Crippen LogP contribution in [-0.4, -0.2) is 22.2 Å². The van der Waals surface area contributed by atoms with Gasteiger partial charge in [-0.05, 0) is 18.8 Å². The van der Waals surface area contributed by atoms with Gasteiger partial charge in [0.1, 0.15) is 0 Å². The second-order valence-corrected chi connectivity index (χ2v) is 6.35. The Bertz CT molecular complexity index is 267. The average Bonchev–Trinajstić information content (AvgIpc) is 2.50. The summed E-state index contributed by atoms with van der Waals surface area (Å²) in [6, 6.07) is 0. The maximum absolute atomic E-state index is 9.90. The van der Waals surface area contributed by atoms with E-state index in [-0.39, 0.29) is 12.8 Å². The Morgan fingerprint density at radius 1 is 0.818 bits per heavy atom. The zero-order valence-electron chi connectivity index (χ0n) is 14.2. The molecule has 0 unspecified atom stereocenters. The topological polar surface area (TPSA) is 74.6 Å². The van der Waals surface area contributed by atoms with Gasteiger partial charge in [0.05, 0.1) is 0 Å². The van der Waals surface area contributed by atoms with Crippen LogP contribution in [0.4, 0.5) is 0 Å². The van der Waals surface area contributed by atoms with E-state index in [0.29, 0.717) is 12.8 Å². The van der Waals surface area contributed by atoms with Crippen molar-refractivity contribution in [2.24, 2.45) is 5.92 Å². The van der Waals surface area contributed by atoms with E-state index in [4.69, 9.17) is 10.2 Å². The number of carbonyl (C=O) groups is 2. The van der Waals surface area contributed by atoms with Gasteiger partial charge in [0.2, 0.25) is 0 Å². The van der Waals surface area contributed by atoms with Crippen LogP contribution in [0.15, 0.2) is 0 Å². The minimum atomic E-state index is -0.870. The summed E-state index contributed by atoms with van der Waals surface area (Å²) in [7, 11) is 0. The molecule has 130 valence electrons. The van der Waals surface area contributed by atoms with Gasteiger partial charge < -0.3 is 10.2 Å². The molecular formula is C18H34O4. The van der Waals surface area contributed by atoms with E-state index < -0.39 is 11.9 Å². The second kappa shape index (κ2) is 14.9. The maximum Gasteiger partial charge on any atom is 0.303 e. The van der Waals surface area contributed by atoms with Gasteiger partial charge in [0.15, 0.2) is 0 Å². The van der Waals surface area contributed by atoms with Crippen molar-refractivity contribution >= 4 is 11.9 Å². The van der Waals surface area contributed by atoms with E-state index in [1.165, 1.54) is 64.2 Å². The molecule has 0 aromatic heterocycles. The van der Waals surface area contributed by atoms with Gasteiger partial charge in [-0.3, -0.25) is 9.59 Å². The number of aliphatic carboxylic acids is 2. The van der Waals surface area contributed by atoms with Gasteiger partial charge in [-0.25, -0.2) is 0 Å². The molecule has 0 saturated heterocycles. The Labute approximate surface area is 135 Å². The quantitative estimate of drug-likeness (QED) is 0.540. The Hall–Kier alpha value is -1.06. The number of hydrogen-bond acceptors (Lipinski definition) is 2. The van der Waals surface area contributed by atoms with Crippen LogP contribution in [-0.2, 0) is 9.59 Å². The van der Waals surface area contributed by atoms with Crippen LogP contribution < -0.4 is 0 Å². The van der Waals surface area contributed by atoms with Crippen molar-refractivity contribution in [1.29, 1.82) is 0 Å². The van der Waals surface area contributed by atoms with E-state index in [1.807, 2.05) is 0 Å². The summed E-state index contributed by atoms with van der Waals surface area (Å²) >= 11 is 0. The molecule has 4 nitrogen and oxygen atoms in total. The van der Waals surface area contributed by atoms with Crippen molar-refractivity contribution in [3.05, 3.63) is 0 Å². The fraction of sp³-hybridized carbons (Fsp3) is 0.889. The molecule has 0 bridgehead atoms. The minimum absolute atomic E-state index is 0.0628. The third kappa shape index (κ3) is 15.3. The second-order valence-electron chi connectivity index (χ2n) is 6.35. The normalized spacial score (nSPS) is 15.0. The van der Waals surface area contributed by atoms with Gasteiger partial charge in [-0.1, -0.05) is 71.1 Å². The summed E-state index contributed by atoms with van der Waals surface area (Å²) in [6.07, 6.45) is 16.0. The lowest BCUT2D eigenvalue weighted by atomic mass is 9.85. The van der Waals surface area contributed by atoms with Crippen LogP contribution in [0.5, 0.6) is 0 Å². The Morgan fingerprint density at radius 3 is 1.82 bits per heavy atom. The molecule has 1 fully saturated rings. The van der Waals surface area contributed by atoms with Crippen molar-refractivity contribution < 1.29 is 19.8 Å². The van der Waals surface area contributed by atoms with Crippen molar-refractivity contribution in [2.45, 2.75) is 96.8 Å². The number of hydrogen-bond donors (Lipinski definition) is 2. The number of unbranched alkanes of at least 4 members (excludes halogenated alkanes) is 4. The first-order valence-corrected chi connectivity index (χ1v) is 8.99. The molecule has 0 spiro atoms. The SMILES string of the molecule is CCCCCCC1CCCCC1.O=C(O)CCCCC(=O)O. The molecule has 1 rings (SSSR count). The summed E-state index contributed by atoms with van der Waals surface area (Å²) in [5, 5.41) is 16.3. The van der Waals surface area contributed by atoms with Crippen molar-refractivity contribution in [2.75, 3.05) is 0 Å². The van der Waals surface area contributed by atoms with E-state index in [0.717, 1.165) is 5.92 Å². The molecule has 0 aromatic rings. The van der Waals surface area contributed by atoms with Crippen molar-refractivity contribution in [3.8, 4) is 0 Å². The molecule has 1 aliphatic carbocycles. The van der Waals surface area contributed by atoms with Crippen LogP contribution in [0, 0.1) is 5.92 Å². The molecule has 2 N–H and O–H groups in total. The lowest BCUT2D eigenvalue weighted by Crippen LogP contribution is -2.05. The minimum Gasteiger partial charge on any atom is -0.481 e. The van der Waals surface area contributed by atoms with Crippen molar-refractivity contribution in [1.82, 2.24) is 0 Å². The monoisotopic (exact) mass is 314 g/mol. The standard InChI is InChI=1S/C12H24.C6H10O4/c1-2-3-4-6-9-12-10-7-5-8-11-12;7-5(8)3-1-2-4-6(9)10/h12H,2-11H2,1H3;1-4H2,(H,7,8)(H,9,10). The lowest BCUT2D eigenvalue weighted by molar-refractivity contribution is -0.139. The highest BCUT2D eigenvalue weighted by molar-refractivity contribution is 5.67. The number of rotatable bonds is 10. The molecule has 0 atom stereocenters. The fourth-order valence-electron chi connectivity index (χ4n) is 2.89. The van der Waals surface area contributed by atoms with E-state index in [1.54, 1.807) is 0 Å². The van der Waals surface area contributed by atoms with Crippen LogP contribution in [0.1, 0.15) is 96.8 Å². The third-order valence-corrected chi connectivity index (χ3v) is 4.22. The Balaban J connectivity index is 0.000000409. The largest absolute Gasteiger partial charge is 0.481 e. The maximum atomic E-state index is 9.90.